The van der Waals surface area contributed by atoms with Crippen molar-refractivity contribution in [1.29, 1.82) is 0 Å². The van der Waals surface area contributed by atoms with Crippen LogP contribution in [0.15, 0.2) is 0 Å². The molecular weight excluding hydrogens is 462 g/mol. The Morgan fingerprint density at radius 2 is 0.750 bits per heavy atom. The number of carbonyl (C=O) groups excluding carboxylic acids is 2. The summed E-state index contributed by atoms with van der Waals surface area (Å²) in [4.78, 5) is 19.1. The van der Waals surface area contributed by atoms with Gasteiger partial charge in [-0.1, -0.05) is 0 Å². The fourth-order valence-corrected chi connectivity index (χ4v) is 1.74. The fraction of sp³-hybridized carbons (Fsp3) is 0.667. The van der Waals surface area contributed by atoms with Crippen LogP contribution in [0.25, 0.3) is 0 Å². The summed E-state index contributed by atoms with van der Waals surface area (Å²) in [5.74, 6) is -7.19. The molecule has 0 aliphatic heterocycles. The first-order valence-corrected chi connectivity index (χ1v) is 7.65. The van der Waals surface area contributed by atoms with Crippen LogP contribution in [0.5, 0.6) is 0 Å². The number of hydrogen-bond donors (Lipinski definition) is 2. The summed E-state index contributed by atoms with van der Waals surface area (Å²) >= 11 is 0. The summed E-state index contributed by atoms with van der Waals surface area (Å²) in [7, 11) is -13.0. The quantitative estimate of drug-likeness (QED) is 0.230. The van der Waals surface area contributed by atoms with E-state index in [4.69, 9.17) is 9.11 Å². The molecule has 0 aromatic carbocycles. The van der Waals surface area contributed by atoms with Crippen molar-refractivity contribution >= 4 is 32.2 Å². The molecule has 0 saturated carbocycles. The molecule has 0 saturated heterocycles. The first-order chi connectivity index (χ1) is 10.9. The van der Waals surface area contributed by atoms with Gasteiger partial charge in [0, 0.05) is 0 Å². The van der Waals surface area contributed by atoms with E-state index in [1.807, 2.05) is 0 Å². The third-order valence-electron chi connectivity index (χ3n) is 1.97. The third kappa shape index (κ3) is 6.73. The monoisotopic (exact) mass is 464 g/mol. The van der Waals surface area contributed by atoms with Gasteiger partial charge < -0.3 is 19.8 Å². The van der Waals surface area contributed by atoms with Gasteiger partial charge in [0.05, 0.1) is 0 Å². The zero-order valence-electron chi connectivity index (χ0n) is 13.0. The molecule has 0 aliphatic carbocycles. The summed E-state index contributed by atoms with van der Waals surface area (Å²) in [5, 5.41) is 7.56. The maximum Gasteiger partial charge on any atom is 1.00 e. The topological polar surface area (TPSA) is 189 Å². The van der Waals surface area contributed by atoms with Crippen molar-refractivity contribution in [2.24, 2.45) is 0 Å². The third-order valence-corrected chi connectivity index (χ3v) is 4.18. The number of hydrogen-bond acceptors (Lipinski definition) is 8. The zero-order chi connectivity index (χ0) is 22.2. The maximum absolute atomic E-state index is 12.3. The van der Waals surface area contributed by atoms with Crippen LogP contribution in [-0.4, -0.2) is 60.2 Å². The maximum atomic E-state index is 12.3. The van der Waals surface area contributed by atoms with Crippen LogP contribution in [0.3, 0.4) is 0 Å². The molecule has 0 bridgehead atoms. The molecule has 0 spiro atoms. The van der Waals surface area contributed by atoms with E-state index in [1.165, 1.54) is 0 Å². The van der Waals surface area contributed by atoms with E-state index in [0.29, 0.717) is 0 Å². The van der Waals surface area contributed by atoms with Gasteiger partial charge in [0.25, 0.3) is 0 Å². The molecule has 28 heavy (non-hydrogen) atoms. The molecule has 0 heterocycles. The van der Waals surface area contributed by atoms with Crippen LogP contribution in [0.4, 0.5) is 35.1 Å². The molecule has 10 nitrogen and oxygen atoms in total. The van der Waals surface area contributed by atoms with Crippen LogP contribution in [0.1, 0.15) is 0 Å². The Morgan fingerprint density at radius 3 is 0.750 bits per heavy atom. The van der Waals surface area contributed by atoms with E-state index in [9.17, 15) is 71.8 Å². The summed E-state index contributed by atoms with van der Waals surface area (Å²) in [6, 6.07) is 0. The molecule has 22 heteroatoms. The normalized spacial score (nSPS) is 16.6. The van der Waals surface area contributed by atoms with Crippen LogP contribution in [0.2, 0.25) is 0 Å². The smallest absolute Gasteiger partial charge is 0.545 e. The van der Waals surface area contributed by atoms with Gasteiger partial charge in [-0.2, -0.15) is 43.2 Å². The minimum absolute atomic E-state index is 0. The van der Waals surface area contributed by atoms with Crippen molar-refractivity contribution < 1.29 is 119 Å². The number of alkyl halides is 8. The van der Waals surface area contributed by atoms with Crippen LogP contribution in [0, 0.1) is 0 Å². The van der Waals surface area contributed by atoms with Gasteiger partial charge >= 0.3 is 80.3 Å². The first kappa shape index (κ1) is 34.9. The molecule has 0 aromatic rings. The van der Waals surface area contributed by atoms with Crippen LogP contribution in [-0.2, 0) is 29.8 Å². The van der Waals surface area contributed by atoms with Gasteiger partial charge in [-0.25, -0.2) is 8.78 Å². The molecular formula is C6H2F8Li2O10S2. The number of carboxylic acids is 2. The molecule has 0 aromatic heterocycles. The minimum Gasteiger partial charge on any atom is -0.545 e. The number of aliphatic carboxylic acids is 2. The van der Waals surface area contributed by atoms with Gasteiger partial charge in [-0.3, -0.25) is 9.11 Å². The second-order valence-corrected chi connectivity index (χ2v) is 6.74. The van der Waals surface area contributed by atoms with Crippen molar-refractivity contribution in [2.75, 3.05) is 0 Å². The van der Waals surface area contributed by atoms with E-state index in [2.05, 4.69) is 0 Å². The second-order valence-electron chi connectivity index (χ2n) is 3.71. The number of halogens is 8. The fourth-order valence-electron chi connectivity index (χ4n) is 0.735. The summed E-state index contributed by atoms with van der Waals surface area (Å²) < 4.78 is 148. The van der Waals surface area contributed by atoms with Crippen LogP contribution < -0.4 is 47.9 Å². The Kier molecular flexibility index (Phi) is 12.4. The molecule has 0 amide bonds. The van der Waals surface area contributed by atoms with Crippen molar-refractivity contribution in [2.45, 2.75) is 22.4 Å². The molecule has 0 radical (unpaired) electrons. The van der Waals surface area contributed by atoms with Crippen molar-refractivity contribution in [1.82, 2.24) is 0 Å². The van der Waals surface area contributed by atoms with Crippen molar-refractivity contribution in [3.05, 3.63) is 0 Å². The SMILES string of the molecule is O=C([O-])C(F)(C(F)(F)F)S(=O)(=O)O.O=C([O-])C(F)(C(F)(F)F)S(=O)(=O)O.[Li+].[Li+]. The van der Waals surface area contributed by atoms with E-state index >= 15 is 0 Å². The Labute approximate surface area is 173 Å². The zero-order valence-corrected chi connectivity index (χ0v) is 14.6. The Morgan fingerprint density at radius 1 is 0.607 bits per heavy atom. The largest absolute Gasteiger partial charge is 1.00 e. The first-order valence-electron chi connectivity index (χ1n) is 4.77. The summed E-state index contributed by atoms with van der Waals surface area (Å²) in [5.41, 5.74) is 0. The number of rotatable bonds is 4. The van der Waals surface area contributed by atoms with Gasteiger partial charge in [-0.15, -0.1) is 0 Å². The van der Waals surface area contributed by atoms with Gasteiger partial charge in [0.15, 0.2) is 0 Å². The molecule has 2 atom stereocenters. The molecule has 2 N–H and O–H groups in total. The molecule has 0 aliphatic rings. The standard InChI is InChI=1S/2C3H2F4O5S.2Li/c2*4-2(1(8)9,3(5,6)7)13(10,11)12;;/h2*(H,8,9)(H,10,11,12);;/q;;2*+1/p-2. The van der Waals surface area contributed by atoms with Gasteiger partial charge in [0.1, 0.15) is 11.9 Å². The number of carbonyl (C=O) groups is 2. The Hall–Kier alpha value is -0.605. The summed E-state index contributed by atoms with van der Waals surface area (Å²) in [6.07, 6.45) is -12.6. The van der Waals surface area contributed by atoms with Crippen molar-refractivity contribution in [3.63, 3.8) is 0 Å². The van der Waals surface area contributed by atoms with E-state index < -0.39 is 54.5 Å². The van der Waals surface area contributed by atoms with E-state index in [-0.39, 0.29) is 37.7 Å². The van der Waals surface area contributed by atoms with E-state index in [1.54, 1.807) is 0 Å². The van der Waals surface area contributed by atoms with Crippen molar-refractivity contribution in [3.8, 4) is 0 Å². The Balaban J connectivity index is -0.000000192. The van der Waals surface area contributed by atoms with Gasteiger partial charge in [-0.05, 0) is 0 Å². The predicted octanol–water partition coefficient (Wildman–Crippen LogP) is -8.29. The van der Waals surface area contributed by atoms with Crippen LogP contribution >= 0.6 is 0 Å². The number of carboxylic acid groups (broad SMARTS) is 2. The molecule has 0 fully saturated rings. The minimum atomic E-state index is -6.48. The molecule has 2 unspecified atom stereocenters. The second kappa shape index (κ2) is 9.93. The summed E-state index contributed by atoms with van der Waals surface area (Å²) in [6.45, 7) is 0. The molecule has 0 rings (SSSR count). The Bertz CT molecular complexity index is 711. The predicted molar refractivity (Wildman–Crippen MR) is 52.9 cm³/mol. The van der Waals surface area contributed by atoms with E-state index in [0.717, 1.165) is 0 Å². The molecule has 156 valence electrons. The van der Waals surface area contributed by atoms with Gasteiger partial charge in [0.2, 0.25) is 0 Å². The average Bonchev–Trinajstić information content (AvgIpc) is 2.31. The average molecular weight is 464 g/mol.